The van der Waals surface area contributed by atoms with Crippen molar-refractivity contribution in [1.29, 1.82) is 0 Å². The molecule has 0 aromatic heterocycles. The van der Waals surface area contributed by atoms with E-state index in [0.29, 0.717) is 41.9 Å². The van der Waals surface area contributed by atoms with E-state index in [4.69, 9.17) is 17.0 Å². The van der Waals surface area contributed by atoms with Crippen molar-refractivity contribution in [2.45, 2.75) is 18.7 Å². The Labute approximate surface area is 172 Å². The molecule has 2 aromatic rings. The molecule has 6 nitrogen and oxygen atoms in total. The second-order valence-electron chi connectivity index (χ2n) is 6.84. The summed E-state index contributed by atoms with van der Waals surface area (Å²) in [6.45, 7) is 5.79. The highest BCUT2D eigenvalue weighted by atomic mass is 32.2. The van der Waals surface area contributed by atoms with Gasteiger partial charge in [0.1, 0.15) is 5.75 Å². The van der Waals surface area contributed by atoms with E-state index in [-0.39, 0.29) is 0 Å². The minimum atomic E-state index is -3.48. The Hall–Kier alpha value is -2.16. The maximum atomic E-state index is 12.8. The fourth-order valence-electron chi connectivity index (χ4n) is 3.10. The summed E-state index contributed by atoms with van der Waals surface area (Å²) in [4.78, 5) is 2.31. The molecule has 8 heteroatoms. The summed E-state index contributed by atoms with van der Waals surface area (Å²) in [5.41, 5.74) is 2.94. The van der Waals surface area contributed by atoms with Crippen molar-refractivity contribution in [3.63, 3.8) is 0 Å². The summed E-state index contributed by atoms with van der Waals surface area (Å²) >= 11 is 5.54. The number of nitrogens with zero attached hydrogens (tertiary/aromatic N) is 2. The van der Waals surface area contributed by atoms with Gasteiger partial charge in [-0.25, -0.2) is 8.42 Å². The number of hydrogen-bond donors (Lipinski definition) is 1. The lowest BCUT2D eigenvalue weighted by Gasteiger charge is -2.35. The van der Waals surface area contributed by atoms with Gasteiger partial charge in [0.2, 0.25) is 10.0 Å². The highest BCUT2D eigenvalue weighted by Crippen LogP contribution is 2.26. The monoisotopic (exact) mass is 419 g/mol. The standard InChI is InChI=1S/C20H25N3O3S2/c1-15-4-7-17(8-5-15)28(24,25)23-12-10-22(11-13-23)20(27)21-18-14-16(2)6-9-19(18)26-3/h4-9,14H,10-13H2,1-3H3,(H,21,27). The van der Waals surface area contributed by atoms with Gasteiger partial charge in [0.05, 0.1) is 17.7 Å². The van der Waals surface area contributed by atoms with E-state index in [2.05, 4.69) is 5.32 Å². The number of hydrogen-bond acceptors (Lipinski definition) is 4. The lowest BCUT2D eigenvalue weighted by atomic mass is 10.2. The SMILES string of the molecule is COc1ccc(C)cc1NC(=S)N1CCN(S(=O)(=O)c2ccc(C)cc2)CC1. The molecular weight excluding hydrogens is 394 g/mol. The average molecular weight is 420 g/mol. The predicted molar refractivity (Wildman–Crippen MR) is 115 cm³/mol. The molecule has 0 radical (unpaired) electrons. The van der Waals surface area contributed by atoms with Crippen LogP contribution in [0.2, 0.25) is 0 Å². The third-order valence-electron chi connectivity index (χ3n) is 4.78. The number of methoxy groups -OCH3 is 1. The first-order valence-electron chi connectivity index (χ1n) is 9.08. The van der Waals surface area contributed by atoms with Crippen LogP contribution in [0.15, 0.2) is 47.4 Å². The van der Waals surface area contributed by atoms with Gasteiger partial charge in [0.15, 0.2) is 5.11 Å². The van der Waals surface area contributed by atoms with Crippen molar-refractivity contribution in [2.75, 3.05) is 38.6 Å². The fraction of sp³-hybridized carbons (Fsp3) is 0.350. The topological polar surface area (TPSA) is 61.9 Å². The largest absolute Gasteiger partial charge is 0.495 e. The molecule has 0 saturated carbocycles. The molecule has 2 aromatic carbocycles. The van der Waals surface area contributed by atoms with Crippen molar-refractivity contribution in [2.24, 2.45) is 0 Å². The number of nitrogens with one attached hydrogen (secondary N) is 1. The van der Waals surface area contributed by atoms with Crippen LogP contribution < -0.4 is 10.1 Å². The van der Waals surface area contributed by atoms with Crippen LogP contribution in [0.4, 0.5) is 5.69 Å². The maximum absolute atomic E-state index is 12.8. The fourth-order valence-corrected chi connectivity index (χ4v) is 4.82. The molecule has 1 N–H and O–H groups in total. The smallest absolute Gasteiger partial charge is 0.243 e. The Bertz CT molecular complexity index is 951. The van der Waals surface area contributed by atoms with Crippen LogP contribution in [0.1, 0.15) is 11.1 Å². The number of aryl methyl sites for hydroxylation is 2. The molecule has 1 saturated heterocycles. The van der Waals surface area contributed by atoms with E-state index in [1.54, 1.807) is 19.2 Å². The van der Waals surface area contributed by atoms with Crippen LogP contribution in [0.5, 0.6) is 5.75 Å². The molecule has 0 atom stereocenters. The molecule has 3 rings (SSSR count). The second kappa shape index (κ2) is 8.46. The van der Waals surface area contributed by atoms with Crippen LogP contribution in [-0.2, 0) is 10.0 Å². The van der Waals surface area contributed by atoms with E-state index >= 15 is 0 Å². The lowest BCUT2D eigenvalue weighted by Crippen LogP contribution is -2.51. The van der Waals surface area contributed by atoms with Crippen LogP contribution in [0.3, 0.4) is 0 Å². The maximum Gasteiger partial charge on any atom is 0.243 e. The zero-order chi connectivity index (χ0) is 20.3. The molecular formula is C20H25N3O3S2. The zero-order valence-corrected chi connectivity index (χ0v) is 17.9. The molecule has 0 bridgehead atoms. The first-order valence-corrected chi connectivity index (χ1v) is 10.9. The molecule has 0 unspecified atom stereocenters. The quantitative estimate of drug-likeness (QED) is 0.769. The summed E-state index contributed by atoms with van der Waals surface area (Å²) in [6.07, 6.45) is 0. The van der Waals surface area contributed by atoms with Gasteiger partial charge in [-0.15, -0.1) is 0 Å². The number of rotatable bonds is 4. The van der Waals surface area contributed by atoms with Crippen molar-refractivity contribution in [3.05, 3.63) is 53.6 Å². The van der Waals surface area contributed by atoms with Gasteiger partial charge in [0, 0.05) is 26.2 Å². The third kappa shape index (κ3) is 4.45. The molecule has 1 heterocycles. The number of thiocarbonyl (C=S) groups is 1. The minimum Gasteiger partial charge on any atom is -0.495 e. The minimum absolute atomic E-state index is 0.330. The van der Waals surface area contributed by atoms with Gasteiger partial charge >= 0.3 is 0 Å². The van der Waals surface area contributed by atoms with Crippen LogP contribution >= 0.6 is 12.2 Å². The van der Waals surface area contributed by atoms with Gasteiger partial charge in [-0.1, -0.05) is 23.8 Å². The number of anilines is 1. The average Bonchev–Trinajstić information content (AvgIpc) is 2.68. The van der Waals surface area contributed by atoms with Gasteiger partial charge < -0.3 is 15.0 Å². The van der Waals surface area contributed by atoms with E-state index < -0.39 is 10.0 Å². The van der Waals surface area contributed by atoms with E-state index in [1.807, 2.05) is 49.1 Å². The van der Waals surface area contributed by atoms with Crippen LogP contribution in [0.25, 0.3) is 0 Å². The van der Waals surface area contributed by atoms with Gasteiger partial charge in [-0.3, -0.25) is 0 Å². The summed E-state index contributed by atoms with van der Waals surface area (Å²) in [5.74, 6) is 0.716. The zero-order valence-electron chi connectivity index (χ0n) is 16.3. The Balaban J connectivity index is 1.64. The summed E-state index contributed by atoms with van der Waals surface area (Å²) in [6, 6.07) is 12.8. The van der Waals surface area contributed by atoms with Crippen molar-refractivity contribution < 1.29 is 13.2 Å². The molecule has 150 valence electrons. The normalized spacial score (nSPS) is 15.3. The molecule has 1 aliphatic heterocycles. The van der Waals surface area contributed by atoms with Crippen LogP contribution in [-0.4, -0.2) is 56.0 Å². The molecule has 0 spiro atoms. The van der Waals surface area contributed by atoms with E-state index in [0.717, 1.165) is 16.8 Å². The number of piperazine rings is 1. The van der Waals surface area contributed by atoms with E-state index in [1.165, 1.54) is 4.31 Å². The highest BCUT2D eigenvalue weighted by Gasteiger charge is 2.29. The molecule has 1 fully saturated rings. The summed E-state index contributed by atoms with van der Waals surface area (Å²) < 4.78 is 32.6. The van der Waals surface area contributed by atoms with Crippen molar-refractivity contribution >= 4 is 33.0 Å². The Kier molecular flexibility index (Phi) is 6.22. The lowest BCUT2D eigenvalue weighted by molar-refractivity contribution is 0.268. The van der Waals surface area contributed by atoms with Crippen molar-refractivity contribution in [1.82, 2.24) is 9.21 Å². The molecule has 0 amide bonds. The second-order valence-corrected chi connectivity index (χ2v) is 9.16. The van der Waals surface area contributed by atoms with Gasteiger partial charge in [0.25, 0.3) is 0 Å². The first kappa shape index (κ1) is 20.6. The summed E-state index contributed by atoms with van der Waals surface area (Å²) in [7, 11) is -1.86. The first-order chi connectivity index (χ1) is 13.3. The third-order valence-corrected chi connectivity index (χ3v) is 7.05. The number of benzene rings is 2. The molecule has 28 heavy (non-hydrogen) atoms. The van der Waals surface area contributed by atoms with Crippen molar-refractivity contribution in [3.8, 4) is 5.75 Å². The Morgan fingerprint density at radius 3 is 2.21 bits per heavy atom. The summed E-state index contributed by atoms with van der Waals surface area (Å²) in [5, 5.41) is 3.79. The van der Waals surface area contributed by atoms with E-state index in [9.17, 15) is 8.42 Å². The number of ether oxygens (including phenoxy) is 1. The predicted octanol–water partition coefficient (Wildman–Crippen LogP) is 3.02. The molecule has 0 aliphatic carbocycles. The Morgan fingerprint density at radius 2 is 1.61 bits per heavy atom. The van der Waals surface area contributed by atoms with Gasteiger partial charge in [-0.05, 0) is 55.9 Å². The number of sulfonamides is 1. The highest BCUT2D eigenvalue weighted by molar-refractivity contribution is 7.89. The van der Waals surface area contributed by atoms with Gasteiger partial charge in [-0.2, -0.15) is 4.31 Å². The van der Waals surface area contributed by atoms with Crippen LogP contribution in [0, 0.1) is 13.8 Å². The Morgan fingerprint density at radius 1 is 1.00 bits per heavy atom. The molecule has 1 aliphatic rings.